The lowest BCUT2D eigenvalue weighted by molar-refractivity contribution is 0.102. The fraction of sp³-hybridized carbons (Fsp3) is 0.158. The first-order chi connectivity index (χ1) is 12.1. The molecule has 1 aromatic heterocycles. The molecule has 0 aliphatic heterocycles. The number of anilines is 1. The van der Waals surface area contributed by atoms with Crippen molar-refractivity contribution in [2.24, 2.45) is 0 Å². The summed E-state index contributed by atoms with van der Waals surface area (Å²) in [4.78, 5) is 25.2. The number of aryl methyl sites for hydroxylation is 1. The molecule has 1 N–H and O–H groups in total. The number of carbonyl (C=O) groups excluding carboxylic acids is 1. The lowest BCUT2D eigenvalue weighted by atomic mass is 10.1. The predicted octanol–water partition coefficient (Wildman–Crippen LogP) is 2.93. The molecule has 3 aromatic rings. The lowest BCUT2D eigenvalue weighted by Gasteiger charge is -2.11. The molecule has 2 aromatic carbocycles. The average Bonchev–Trinajstić information content (AvgIpc) is 2.64. The number of nitriles is 1. The highest BCUT2D eigenvalue weighted by Crippen LogP contribution is 2.16. The van der Waals surface area contributed by atoms with Crippen LogP contribution in [-0.4, -0.2) is 15.7 Å². The largest absolute Gasteiger partial charge is 0.321 e. The molecule has 1 amide bonds. The van der Waals surface area contributed by atoms with Gasteiger partial charge in [0.15, 0.2) is 5.69 Å². The van der Waals surface area contributed by atoms with E-state index in [1.54, 1.807) is 48.5 Å². The number of fused-ring (bicyclic) bond motifs is 1. The van der Waals surface area contributed by atoms with Gasteiger partial charge in [0, 0.05) is 17.6 Å². The number of hydrogen-bond donors (Lipinski definition) is 1. The van der Waals surface area contributed by atoms with Crippen LogP contribution in [-0.2, 0) is 6.54 Å². The first-order valence-corrected chi connectivity index (χ1v) is 7.95. The Morgan fingerprint density at radius 3 is 2.68 bits per heavy atom. The minimum absolute atomic E-state index is 0.186. The van der Waals surface area contributed by atoms with Gasteiger partial charge >= 0.3 is 0 Å². The first kappa shape index (κ1) is 16.4. The molecular formula is C19H16N4O2. The molecule has 0 bridgehead atoms. The van der Waals surface area contributed by atoms with Gasteiger partial charge < -0.3 is 5.32 Å². The molecule has 1 heterocycles. The van der Waals surface area contributed by atoms with Gasteiger partial charge in [-0.1, -0.05) is 31.2 Å². The fourth-order valence-electron chi connectivity index (χ4n) is 2.62. The lowest BCUT2D eigenvalue weighted by Crippen LogP contribution is -2.27. The number of rotatable bonds is 4. The highest BCUT2D eigenvalue weighted by atomic mass is 16.2. The van der Waals surface area contributed by atoms with Crippen LogP contribution in [0.15, 0.2) is 53.3 Å². The molecule has 0 atom stereocenters. The van der Waals surface area contributed by atoms with Gasteiger partial charge in [-0.15, -0.1) is 0 Å². The number of amides is 1. The Morgan fingerprint density at radius 1 is 1.20 bits per heavy atom. The molecule has 3 rings (SSSR count). The summed E-state index contributed by atoms with van der Waals surface area (Å²) < 4.78 is 1.32. The standard InChI is InChI=1S/C19H16N4O2/c1-2-10-23-19(25)16-9-4-3-8-15(16)17(22-23)18(24)21-14-7-5-6-13(11-14)12-20/h3-9,11H,2,10H2,1H3,(H,21,24). The van der Waals surface area contributed by atoms with Crippen molar-refractivity contribution in [1.29, 1.82) is 5.26 Å². The number of nitrogens with one attached hydrogen (secondary N) is 1. The summed E-state index contributed by atoms with van der Waals surface area (Å²) in [5, 5.41) is 16.9. The van der Waals surface area contributed by atoms with Crippen LogP contribution in [0.25, 0.3) is 10.8 Å². The Bertz CT molecular complexity index is 1050. The summed E-state index contributed by atoms with van der Waals surface area (Å²) in [6, 6.07) is 15.6. The molecule has 0 unspecified atom stereocenters. The molecule has 25 heavy (non-hydrogen) atoms. The van der Waals surface area contributed by atoms with Crippen LogP contribution >= 0.6 is 0 Å². The highest BCUT2D eigenvalue weighted by Gasteiger charge is 2.16. The van der Waals surface area contributed by atoms with Crippen molar-refractivity contribution in [2.45, 2.75) is 19.9 Å². The number of hydrogen-bond acceptors (Lipinski definition) is 4. The maximum atomic E-state index is 12.7. The van der Waals surface area contributed by atoms with E-state index in [9.17, 15) is 9.59 Å². The number of aromatic nitrogens is 2. The van der Waals surface area contributed by atoms with Gasteiger partial charge in [0.1, 0.15) is 0 Å². The normalized spacial score (nSPS) is 10.4. The zero-order valence-corrected chi connectivity index (χ0v) is 13.7. The van der Waals surface area contributed by atoms with Gasteiger partial charge in [-0.2, -0.15) is 10.4 Å². The summed E-state index contributed by atoms with van der Waals surface area (Å²) in [7, 11) is 0. The van der Waals surface area contributed by atoms with Crippen molar-refractivity contribution in [3.63, 3.8) is 0 Å². The van der Waals surface area contributed by atoms with Crippen molar-refractivity contribution in [1.82, 2.24) is 9.78 Å². The van der Waals surface area contributed by atoms with E-state index in [2.05, 4.69) is 10.4 Å². The van der Waals surface area contributed by atoms with Crippen LogP contribution in [0.3, 0.4) is 0 Å². The van der Waals surface area contributed by atoms with Crippen molar-refractivity contribution >= 4 is 22.4 Å². The van der Waals surface area contributed by atoms with Crippen molar-refractivity contribution in [3.8, 4) is 6.07 Å². The Kier molecular flexibility index (Phi) is 4.57. The minimum Gasteiger partial charge on any atom is -0.321 e. The number of nitrogens with zero attached hydrogens (tertiary/aromatic N) is 3. The Hall–Kier alpha value is -3.46. The van der Waals surface area contributed by atoms with E-state index >= 15 is 0 Å². The molecule has 6 heteroatoms. The summed E-state index contributed by atoms with van der Waals surface area (Å²) >= 11 is 0. The summed E-state index contributed by atoms with van der Waals surface area (Å²) in [5.74, 6) is -0.420. The number of benzene rings is 2. The average molecular weight is 332 g/mol. The zero-order valence-electron chi connectivity index (χ0n) is 13.7. The quantitative estimate of drug-likeness (QED) is 0.795. The van der Waals surface area contributed by atoms with Gasteiger partial charge in [0.2, 0.25) is 0 Å². The van der Waals surface area contributed by atoms with Gasteiger partial charge in [0.25, 0.3) is 11.5 Å². The SMILES string of the molecule is CCCn1nc(C(=O)Nc2cccc(C#N)c2)c2ccccc2c1=O. The predicted molar refractivity (Wildman–Crippen MR) is 95.4 cm³/mol. The van der Waals surface area contributed by atoms with Crippen molar-refractivity contribution < 1.29 is 4.79 Å². The van der Waals surface area contributed by atoms with Crippen LogP contribution in [0.2, 0.25) is 0 Å². The van der Waals surface area contributed by atoms with E-state index in [-0.39, 0.29) is 11.3 Å². The Morgan fingerprint density at radius 2 is 1.96 bits per heavy atom. The third kappa shape index (κ3) is 3.26. The fourth-order valence-corrected chi connectivity index (χ4v) is 2.62. The van der Waals surface area contributed by atoms with Crippen LogP contribution in [0.5, 0.6) is 0 Å². The smallest absolute Gasteiger partial charge is 0.276 e. The second-order valence-electron chi connectivity index (χ2n) is 5.57. The third-order valence-corrected chi connectivity index (χ3v) is 3.77. The first-order valence-electron chi connectivity index (χ1n) is 7.95. The van der Waals surface area contributed by atoms with E-state index in [4.69, 9.17) is 5.26 Å². The maximum absolute atomic E-state index is 12.7. The van der Waals surface area contributed by atoms with E-state index in [0.29, 0.717) is 28.6 Å². The van der Waals surface area contributed by atoms with E-state index < -0.39 is 5.91 Å². The molecule has 6 nitrogen and oxygen atoms in total. The molecule has 0 radical (unpaired) electrons. The van der Waals surface area contributed by atoms with Crippen molar-refractivity contribution in [2.75, 3.05) is 5.32 Å². The number of carbonyl (C=O) groups is 1. The second-order valence-corrected chi connectivity index (χ2v) is 5.57. The Labute approximate surface area is 144 Å². The van der Waals surface area contributed by atoms with Crippen LogP contribution in [0, 0.1) is 11.3 Å². The van der Waals surface area contributed by atoms with Crippen molar-refractivity contribution in [3.05, 3.63) is 70.1 Å². The zero-order chi connectivity index (χ0) is 17.8. The second kappa shape index (κ2) is 6.97. The Balaban J connectivity index is 2.07. The van der Waals surface area contributed by atoms with E-state index in [1.165, 1.54) is 4.68 Å². The van der Waals surface area contributed by atoms with Gasteiger partial charge in [0.05, 0.1) is 17.0 Å². The summed E-state index contributed by atoms with van der Waals surface area (Å²) in [5.41, 5.74) is 0.932. The van der Waals surface area contributed by atoms with Crippen LogP contribution in [0.4, 0.5) is 5.69 Å². The summed E-state index contributed by atoms with van der Waals surface area (Å²) in [6.07, 6.45) is 0.733. The monoisotopic (exact) mass is 332 g/mol. The van der Waals surface area contributed by atoms with Crippen LogP contribution < -0.4 is 10.9 Å². The molecule has 124 valence electrons. The minimum atomic E-state index is -0.420. The van der Waals surface area contributed by atoms with E-state index in [0.717, 1.165) is 6.42 Å². The summed E-state index contributed by atoms with van der Waals surface area (Å²) in [6.45, 7) is 2.38. The topological polar surface area (TPSA) is 87.8 Å². The van der Waals surface area contributed by atoms with Gasteiger partial charge in [-0.3, -0.25) is 9.59 Å². The molecule has 0 fully saturated rings. The molecule has 0 saturated carbocycles. The molecular weight excluding hydrogens is 316 g/mol. The molecule has 0 saturated heterocycles. The highest BCUT2D eigenvalue weighted by molar-refractivity contribution is 6.11. The maximum Gasteiger partial charge on any atom is 0.276 e. The van der Waals surface area contributed by atoms with Gasteiger partial charge in [-0.05, 0) is 30.7 Å². The molecule has 0 aliphatic rings. The van der Waals surface area contributed by atoms with E-state index in [1.807, 2.05) is 13.0 Å². The molecule has 0 spiro atoms. The van der Waals surface area contributed by atoms with Crippen LogP contribution in [0.1, 0.15) is 29.4 Å². The molecule has 0 aliphatic carbocycles. The van der Waals surface area contributed by atoms with Gasteiger partial charge in [-0.25, -0.2) is 4.68 Å². The third-order valence-electron chi connectivity index (χ3n) is 3.77.